The van der Waals surface area contributed by atoms with Gasteiger partial charge in [-0.15, -0.1) is 10.2 Å². The third kappa shape index (κ3) is 5.22. The first-order chi connectivity index (χ1) is 16.9. The number of carbonyl (C=O) groups is 2. The maximum absolute atomic E-state index is 13.3. The fourth-order valence-corrected chi connectivity index (χ4v) is 3.70. The van der Waals surface area contributed by atoms with Gasteiger partial charge in [0.05, 0.1) is 43.5 Å². The predicted octanol–water partition coefficient (Wildman–Crippen LogP) is 4.56. The van der Waals surface area contributed by atoms with Gasteiger partial charge in [-0.25, -0.2) is 4.79 Å². The Labute approximate surface area is 202 Å². The highest BCUT2D eigenvalue weighted by molar-refractivity contribution is 6.05. The summed E-state index contributed by atoms with van der Waals surface area (Å²) in [5.41, 5.74) is 0.296. The summed E-state index contributed by atoms with van der Waals surface area (Å²) in [6, 6.07) is 9.49. The smallest absolute Gasteiger partial charge is 0.368 e. The van der Waals surface area contributed by atoms with Gasteiger partial charge in [-0.05, 0) is 37.1 Å². The van der Waals surface area contributed by atoms with Crippen LogP contribution in [0.5, 0.6) is 11.5 Å². The summed E-state index contributed by atoms with van der Waals surface area (Å²) in [5.74, 6) is 0.142. The van der Waals surface area contributed by atoms with Gasteiger partial charge in [-0.3, -0.25) is 14.5 Å². The fraction of sp³-hybridized carbons (Fsp3) is 0.320. The van der Waals surface area contributed by atoms with Gasteiger partial charge < -0.3 is 18.6 Å². The Hall–Kier alpha value is -4.05. The Bertz CT molecular complexity index is 1320. The van der Waals surface area contributed by atoms with Gasteiger partial charge in [0, 0.05) is 13.2 Å². The fourth-order valence-electron chi connectivity index (χ4n) is 3.70. The summed E-state index contributed by atoms with van der Waals surface area (Å²) in [6.45, 7) is 3.78. The number of amides is 2. The summed E-state index contributed by atoms with van der Waals surface area (Å²) in [4.78, 5) is 38.9. The Balaban J connectivity index is 2.10. The molecule has 0 saturated carbocycles. The van der Waals surface area contributed by atoms with E-state index in [9.17, 15) is 14.4 Å². The van der Waals surface area contributed by atoms with Gasteiger partial charge in [0.1, 0.15) is 11.3 Å². The molecular formula is C25H27N3O7. The van der Waals surface area contributed by atoms with E-state index in [0.717, 1.165) is 4.90 Å². The lowest BCUT2D eigenvalue weighted by Crippen LogP contribution is -2.41. The van der Waals surface area contributed by atoms with Gasteiger partial charge in [-0.1, -0.05) is 19.1 Å². The molecule has 35 heavy (non-hydrogen) atoms. The Morgan fingerprint density at radius 3 is 2.54 bits per heavy atom. The summed E-state index contributed by atoms with van der Waals surface area (Å²) in [7, 11) is 4.41. The first-order valence-corrected chi connectivity index (χ1v) is 10.9. The molecule has 1 atom stereocenters. The summed E-state index contributed by atoms with van der Waals surface area (Å²) in [6.07, 6.45) is 0.999. The maximum atomic E-state index is 13.3. The van der Waals surface area contributed by atoms with Crippen LogP contribution in [0, 0.1) is 6.92 Å². The van der Waals surface area contributed by atoms with Crippen LogP contribution in [0.4, 0.5) is 11.4 Å². The van der Waals surface area contributed by atoms with Crippen LogP contribution >= 0.6 is 0 Å². The Morgan fingerprint density at radius 1 is 1.14 bits per heavy atom. The number of fused-ring (bicyclic) bond motifs is 1. The molecule has 2 amide bonds. The summed E-state index contributed by atoms with van der Waals surface area (Å²) < 4.78 is 21.2. The second kappa shape index (κ2) is 11.4. The topological polar surface area (TPSA) is 120 Å². The number of benzene rings is 2. The molecule has 0 saturated heterocycles. The second-order valence-corrected chi connectivity index (χ2v) is 7.64. The van der Waals surface area contributed by atoms with Crippen LogP contribution in [0.1, 0.15) is 29.3 Å². The molecule has 0 radical (unpaired) electrons. The third-order valence-electron chi connectivity index (χ3n) is 5.54. The van der Waals surface area contributed by atoms with E-state index in [1.807, 2.05) is 6.92 Å². The molecule has 0 aliphatic rings. The number of imide groups is 1. The van der Waals surface area contributed by atoms with E-state index in [0.29, 0.717) is 29.5 Å². The number of carbonyl (C=O) groups excluding carboxylic acids is 2. The molecule has 1 aromatic heterocycles. The van der Waals surface area contributed by atoms with Crippen LogP contribution in [0.25, 0.3) is 11.0 Å². The molecule has 0 fully saturated rings. The molecule has 1 unspecified atom stereocenters. The number of ether oxygens (including phenoxy) is 3. The molecule has 0 aliphatic carbocycles. The number of hydrogen-bond donors (Lipinski definition) is 0. The minimum atomic E-state index is -0.771. The zero-order valence-corrected chi connectivity index (χ0v) is 20.2. The van der Waals surface area contributed by atoms with Gasteiger partial charge in [0.25, 0.3) is 5.91 Å². The molecule has 2 aromatic carbocycles. The predicted molar refractivity (Wildman–Crippen MR) is 129 cm³/mol. The van der Waals surface area contributed by atoms with Crippen molar-refractivity contribution in [3.05, 3.63) is 57.9 Å². The van der Waals surface area contributed by atoms with Crippen LogP contribution < -0.4 is 15.1 Å². The Morgan fingerprint density at radius 2 is 1.91 bits per heavy atom. The summed E-state index contributed by atoms with van der Waals surface area (Å²) >= 11 is 0. The largest absolute Gasteiger partial charge is 0.497 e. The van der Waals surface area contributed by atoms with Crippen molar-refractivity contribution in [3.8, 4) is 11.5 Å². The monoisotopic (exact) mass is 481 g/mol. The second-order valence-electron chi connectivity index (χ2n) is 7.64. The molecule has 0 aliphatic heterocycles. The number of aryl methyl sites for hydroxylation is 1. The zero-order valence-electron chi connectivity index (χ0n) is 20.2. The highest BCUT2D eigenvalue weighted by Crippen LogP contribution is 2.36. The van der Waals surface area contributed by atoms with E-state index in [1.54, 1.807) is 43.3 Å². The van der Waals surface area contributed by atoms with Crippen molar-refractivity contribution in [1.82, 2.24) is 4.90 Å². The van der Waals surface area contributed by atoms with Crippen LogP contribution in [0.3, 0.4) is 0 Å². The van der Waals surface area contributed by atoms with Crippen molar-refractivity contribution in [2.75, 3.05) is 27.9 Å². The van der Waals surface area contributed by atoms with Crippen LogP contribution in [-0.2, 0) is 9.53 Å². The minimum Gasteiger partial charge on any atom is -0.497 e. The average molecular weight is 482 g/mol. The molecular weight excluding hydrogens is 454 g/mol. The van der Waals surface area contributed by atoms with Crippen molar-refractivity contribution < 1.29 is 28.2 Å². The first kappa shape index (κ1) is 25.6. The van der Waals surface area contributed by atoms with Crippen LogP contribution in [-0.4, -0.2) is 51.2 Å². The van der Waals surface area contributed by atoms with E-state index in [1.165, 1.54) is 21.3 Å². The molecule has 0 spiro atoms. The molecule has 0 N–H and O–H groups in total. The molecule has 3 rings (SSSR count). The van der Waals surface area contributed by atoms with Crippen molar-refractivity contribution in [2.45, 2.75) is 26.3 Å². The maximum Gasteiger partial charge on any atom is 0.368 e. The minimum absolute atomic E-state index is 0.164. The molecule has 184 valence electrons. The van der Waals surface area contributed by atoms with E-state index in [4.69, 9.17) is 18.6 Å². The molecule has 0 bridgehead atoms. The van der Waals surface area contributed by atoms with Crippen LogP contribution in [0.15, 0.2) is 55.8 Å². The first-order valence-electron chi connectivity index (χ1n) is 10.9. The number of hydrogen-bond acceptors (Lipinski definition) is 9. The van der Waals surface area contributed by atoms with Gasteiger partial charge >= 0.3 is 5.63 Å². The number of rotatable bonds is 10. The molecule has 10 heteroatoms. The highest BCUT2D eigenvalue weighted by Gasteiger charge is 2.27. The third-order valence-corrected chi connectivity index (χ3v) is 5.54. The average Bonchev–Trinajstić information content (AvgIpc) is 2.86. The lowest BCUT2D eigenvalue weighted by Gasteiger charge is -2.26. The molecule has 1 heterocycles. The number of azo groups is 1. The SMILES string of the molecule is CCC(COC)N(C=O)C(=O)c1c(C)cccc1N=Nc1c(OC)c2ccc(OC)cc2oc1=O. The lowest BCUT2D eigenvalue weighted by molar-refractivity contribution is -0.118. The van der Waals surface area contributed by atoms with E-state index < -0.39 is 17.6 Å². The van der Waals surface area contributed by atoms with E-state index >= 15 is 0 Å². The normalized spacial score (nSPS) is 12.0. The van der Waals surface area contributed by atoms with Gasteiger partial charge in [0.15, 0.2) is 5.75 Å². The van der Waals surface area contributed by atoms with Crippen LogP contribution in [0.2, 0.25) is 0 Å². The highest BCUT2D eigenvalue weighted by atomic mass is 16.5. The lowest BCUT2D eigenvalue weighted by atomic mass is 10.0. The zero-order chi connectivity index (χ0) is 25.5. The standard InChI is InChI=1S/C25H27N3O7/c1-6-16(13-32-3)28(14-29)24(30)21-15(2)8-7-9-19(21)26-27-22-23(34-5)18-11-10-17(33-4)12-20(18)35-25(22)31/h7-12,14,16H,6,13H2,1-5H3. The van der Waals surface area contributed by atoms with E-state index in [-0.39, 0.29) is 34.9 Å². The van der Waals surface area contributed by atoms with Gasteiger partial charge in [-0.2, -0.15) is 0 Å². The Kier molecular flexibility index (Phi) is 8.32. The number of methoxy groups -OCH3 is 3. The van der Waals surface area contributed by atoms with Crippen molar-refractivity contribution in [1.29, 1.82) is 0 Å². The molecule has 3 aromatic rings. The summed E-state index contributed by atoms with van der Waals surface area (Å²) in [5, 5.41) is 8.77. The van der Waals surface area contributed by atoms with Gasteiger partial charge in [0.2, 0.25) is 12.1 Å². The van der Waals surface area contributed by atoms with Crippen molar-refractivity contribution in [2.24, 2.45) is 10.2 Å². The van der Waals surface area contributed by atoms with E-state index in [2.05, 4.69) is 10.2 Å². The quantitative estimate of drug-likeness (QED) is 0.236. The number of nitrogens with zero attached hydrogens (tertiary/aromatic N) is 3. The molecule has 10 nitrogen and oxygen atoms in total. The van der Waals surface area contributed by atoms with Crippen molar-refractivity contribution >= 4 is 34.7 Å². The van der Waals surface area contributed by atoms with Crippen molar-refractivity contribution in [3.63, 3.8) is 0 Å².